The van der Waals surface area contributed by atoms with Crippen molar-refractivity contribution in [2.24, 2.45) is 0 Å². The molecule has 1 N–H and O–H groups in total. The van der Waals surface area contributed by atoms with Crippen LogP contribution in [-0.2, 0) is 4.74 Å². The smallest absolute Gasteiger partial charge is 0.410 e. The largest absolute Gasteiger partial charge is 0.444 e. The lowest BCUT2D eigenvalue weighted by molar-refractivity contribution is 0.0185. The van der Waals surface area contributed by atoms with Crippen LogP contribution in [0.5, 0.6) is 0 Å². The zero-order valence-electron chi connectivity index (χ0n) is 13.3. The van der Waals surface area contributed by atoms with Gasteiger partial charge in [-0.1, -0.05) is 0 Å². The molecule has 22 heavy (non-hydrogen) atoms. The van der Waals surface area contributed by atoms with Crippen LogP contribution in [0, 0.1) is 0 Å². The fourth-order valence-corrected chi connectivity index (χ4v) is 2.36. The van der Waals surface area contributed by atoms with Crippen molar-refractivity contribution in [3.05, 3.63) is 30.1 Å². The van der Waals surface area contributed by atoms with E-state index in [-0.39, 0.29) is 18.0 Å². The molecule has 1 aliphatic heterocycles. The Labute approximate surface area is 130 Å². The van der Waals surface area contributed by atoms with Gasteiger partial charge in [-0.15, -0.1) is 0 Å². The van der Waals surface area contributed by atoms with Crippen LogP contribution >= 0.6 is 0 Å². The van der Waals surface area contributed by atoms with Crippen LogP contribution < -0.4 is 5.32 Å². The van der Waals surface area contributed by atoms with Crippen molar-refractivity contribution in [1.82, 2.24) is 15.2 Å². The van der Waals surface area contributed by atoms with Crippen LogP contribution in [0.1, 0.15) is 44.0 Å². The van der Waals surface area contributed by atoms with E-state index in [2.05, 4.69) is 10.3 Å². The van der Waals surface area contributed by atoms with E-state index >= 15 is 0 Å². The standard InChI is InChI=1S/C16H23N3O3/c1-16(2,3)22-15(21)19-10-4-5-13(11-19)18-14(20)12-6-8-17-9-7-12/h6-9,13H,4-5,10-11H2,1-3H3,(H,18,20). The van der Waals surface area contributed by atoms with Crippen molar-refractivity contribution in [3.8, 4) is 0 Å². The molecule has 0 saturated carbocycles. The fraction of sp³-hybridized carbons (Fsp3) is 0.562. The second kappa shape index (κ2) is 6.77. The van der Waals surface area contributed by atoms with Crippen molar-refractivity contribution in [2.45, 2.75) is 45.3 Å². The van der Waals surface area contributed by atoms with Gasteiger partial charge in [-0.05, 0) is 45.7 Å². The fourth-order valence-electron chi connectivity index (χ4n) is 2.36. The van der Waals surface area contributed by atoms with Gasteiger partial charge in [-0.2, -0.15) is 0 Å². The molecule has 6 heteroatoms. The number of ether oxygens (including phenoxy) is 1. The van der Waals surface area contributed by atoms with Crippen molar-refractivity contribution in [1.29, 1.82) is 0 Å². The number of nitrogens with zero attached hydrogens (tertiary/aromatic N) is 2. The van der Waals surface area contributed by atoms with Gasteiger partial charge in [0, 0.05) is 37.1 Å². The van der Waals surface area contributed by atoms with Crippen LogP contribution in [0.15, 0.2) is 24.5 Å². The first kappa shape index (κ1) is 16.3. The zero-order valence-corrected chi connectivity index (χ0v) is 13.3. The average Bonchev–Trinajstić information content (AvgIpc) is 2.46. The number of rotatable bonds is 2. The minimum Gasteiger partial charge on any atom is -0.444 e. The second-order valence-electron chi connectivity index (χ2n) is 6.47. The summed E-state index contributed by atoms with van der Waals surface area (Å²) in [6.07, 6.45) is 4.55. The quantitative estimate of drug-likeness (QED) is 0.909. The summed E-state index contributed by atoms with van der Waals surface area (Å²) >= 11 is 0. The summed E-state index contributed by atoms with van der Waals surface area (Å²) < 4.78 is 5.38. The maximum atomic E-state index is 12.1. The van der Waals surface area contributed by atoms with Gasteiger partial charge in [0.05, 0.1) is 0 Å². The molecular weight excluding hydrogens is 282 g/mol. The molecule has 120 valence electrons. The molecule has 0 aliphatic carbocycles. The molecule has 0 aromatic carbocycles. The highest BCUT2D eigenvalue weighted by atomic mass is 16.6. The number of hydrogen-bond acceptors (Lipinski definition) is 4. The minimum atomic E-state index is -0.510. The number of carbonyl (C=O) groups excluding carboxylic acids is 2. The van der Waals surface area contributed by atoms with E-state index in [1.165, 1.54) is 0 Å². The minimum absolute atomic E-state index is 0.0538. The number of nitrogens with one attached hydrogen (secondary N) is 1. The van der Waals surface area contributed by atoms with Crippen LogP contribution in [0.2, 0.25) is 0 Å². The van der Waals surface area contributed by atoms with Gasteiger partial charge in [0.2, 0.25) is 0 Å². The molecule has 1 atom stereocenters. The van der Waals surface area contributed by atoms with E-state index < -0.39 is 5.60 Å². The first-order chi connectivity index (χ1) is 10.3. The summed E-state index contributed by atoms with van der Waals surface area (Å²) in [6, 6.07) is 3.29. The number of aromatic nitrogens is 1. The third-order valence-corrected chi connectivity index (χ3v) is 3.35. The van der Waals surface area contributed by atoms with Crippen molar-refractivity contribution >= 4 is 12.0 Å². The molecule has 1 fully saturated rings. The molecule has 1 aliphatic rings. The van der Waals surface area contributed by atoms with Gasteiger partial charge in [0.25, 0.3) is 5.91 Å². The number of carbonyl (C=O) groups is 2. The predicted molar refractivity (Wildman–Crippen MR) is 82.5 cm³/mol. The predicted octanol–water partition coefficient (Wildman–Crippen LogP) is 2.21. The second-order valence-corrected chi connectivity index (χ2v) is 6.47. The third kappa shape index (κ3) is 4.72. The highest BCUT2D eigenvalue weighted by Gasteiger charge is 2.28. The number of amides is 2. The molecule has 1 aromatic rings. The molecule has 0 spiro atoms. The van der Waals surface area contributed by atoms with Crippen LogP contribution in [0.25, 0.3) is 0 Å². The van der Waals surface area contributed by atoms with E-state index in [1.807, 2.05) is 20.8 Å². The molecule has 2 heterocycles. The first-order valence-corrected chi connectivity index (χ1v) is 7.54. The van der Waals surface area contributed by atoms with Crippen molar-refractivity contribution in [2.75, 3.05) is 13.1 Å². The van der Waals surface area contributed by atoms with E-state index in [0.29, 0.717) is 18.7 Å². The Bertz CT molecular complexity index is 525. The zero-order chi connectivity index (χ0) is 16.2. The molecule has 0 bridgehead atoms. The molecule has 1 aromatic heterocycles. The molecular formula is C16H23N3O3. The monoisotopic (exact) mass is 305 g/mol. The summed E-state index contributed by atoms with van der Waals surface area (Å²) in [5.74, 6) is -0.140. The number of piperidine rings is 1. The van der Waals surface area contributed by atoms with Gasteiger partial charge in [0.1, 0.15) is 5.60 Å². The Morgan fingerprint density at radius 3 is 2.64 bits per heavy atom. The Morgan fingerprint density at radius 1 is 1.32 bits per heavy atom. The molecule has 1 saturated heterocycles. The maximum Gasteiger partial charge on any atom is 0.410 e. The van der Waals surface area contributed by atoms with E-state index in [9.17, 15) is 9.59 Å². The molecule has 6 nitrogen and oxygen atoms in total. The lowest BCUT2D eigenvalue weighted by atomic mass is 10.1. The van der Waals surface area contributed by atoms with E-state index in [4.69, 9.17) is 4.74 Å². The summed E-state index contributed by atoms with van der Waals surface area (Å²) in [7, 11) is 0. The van der Waals surface area contributed by atoms with Crippen molar-refractivity contribution in [3.63, 3.8) is 0 Å². The lowest BCUT2D eigenvalue weighted by Gasteiger charge is -2.34. The van der Waals surface area contributed by atoms with Crippen LogP contribution in [-0.4, -0.2) is 46.6 Å². The molecule has 0 radical (unpaired) electrons. The lowest BCUT2D eigenvalue weighted by Crippen LogP contribution is -2.50. The van der Waals surface area contributed by atoms with Crippen molar-refractivity contribution < 1.29 is 14.3 Å². The summed E-state index contributed by atoms with van der Waals surface area (Å²) in [5.41, 5.74) is 0.0639. The Kier molecular flexibility index (Phi) is 5.00. The highest BCUT2D eigenvalue weighted by molar-refractivity contribution is 5.94. The first-order valence-electron chi connectivity index (χ1n) is 7.54. The van der Waals surface area contributed by atoms with Gasteiger partial charge in [-0.25, -0.2) is 4.79 Å². The van der Waals surface area contributed by atoms with Gasteiger partial charge in [0.15, 0.2) is 0 Å². The average molecular weight is 305 g/mol. The molecule has 1 unspecified atom stereocenters. The van der Waals surface area contributed by atoms with Gasteiger partial charge in [-0.3, -0.25) is 9.78 Å². The summed E-state index contributed by atoms with van der Waals surface area (Å²) in [5, 5.41) is 2.97. The normalized spacial score (nSPS) is 18.7. The van der Waals surface area contributed by atoms with Gasteiger partial charge < -0.3 is 15.0 Å². The Morgan fingerprint density at radius 2 is 2.00 bits per heavy atom. The SMILES string of the molecule is CC(C)(C)OC(=O)N1CCCC(NC(=O)c2ccncc2)C1. The topological polar surface area (TPSA) is 71.5 Å². The Balaban J connectivity index is 1.91. The highest BCUT2D eigenvalue weighted by Crippen LogP contribution is 2.15. The van der Waals surface area contributed by atoms with Gasteiger partial charge >= 0.3 is 6.09 Å². The van der Waals surface area contributed by atoms with Crippen LogP contribution in [0.4, 0.5) is 4.79 Å². The number of hydrogen-bond donors (Lipinski definition) is 1. The number of pyridine rings is 1. The van der Waals surface area contributed by atoms with E-state index in [1.54, 1.807) is 29.4 Å². The van der Waals surface area contributed by atoms with Crippen LogP contribution in [0.3, 0.4) is 0 Å². The summed E-state index contributed by atoms with van der Waals surface area (Å²) in [6.45, 7) is 6.68. The maximum absolute atomic E-state index is 12.1. The number of likely N-dealkylation sites (tertiary alicyclic amines) is 1. The molecule has 2 rings (SSSR count). The van der Waals surface area contributed by atoms with E-state index in [0.717, 1.165) is 12.8 Å². The Hall–Kier alpha value is -2.11. The summed E-state index contributed by atoms with van der Waals surface area (Å²) in [4.78, 5) is 29.8. The third-order valence-electron chi connectivity index (χ3n) is 3.35. The molecule has 2 amide bonds.